The average Bonchev–Trinajstić information content (AvgIpc) is 3.15. The lowest BCUT2D eigenvalue weighted by Gasteiger charge is -2.04. The number of fused-ring (bicyclic) bond motifs is 1. The zero-order valence-electron chi connectivity index (χ0n) is 13.2. The number of carbonyl (C=O) groups is 1. The van der Waals surface area contributed by atoms with E-state index in [0.717, 1.165) is 10.2 Å². The molecule has 5 nitrogen and oxygen atoms in total. The number of halogens is 1. The number of ketones is 1. The van der Waals surface area contributed by atoms with Crippen LogP contribution >= 0.6 is 22.9 Å². The van der Waals surface area contributed by atoms with Crippen molar-refractivity contribution in [2.24, 2.45) is 0 Å². The molecular weight excluding hydrogens is 356 g/mol. The molecule has 0 aliphatic rings. The van der Waals surface area contributed by atoms with Crippen LogP contribution < -0.4 is 5.73 Å². The van der Waals surface area contributed by atoms with Crippen LogP contribution in [-0.4, -0.2) is 20.5 Å². The van der Waals surface area contributed by atoms with Crippen molar-refractivity contribution in [2.75, 3.05) is 5.73 Å². The van der Waals surface area contributed by atoms with E-state index in [0.29, 0.717) is 32.8 Å². The summed E-state index contributed by atoms with van der Waals surface area (Å²) in [5.74, 6) is 0.202. The highest BCUT2D eigenvalue weighted by Crippen LogP contribution is 2.37. The van der Waals surface area contributed by atoms with Gasteiger partial charge in [0, 0.05) is 11.9 Å². The second-order valence-corrected chi connectivity index (χ2v) is 7.01. The summed E-state index contributed by atoms with van der Waals surface area (Å²) in [4.78, 5) is 16.8. The molecule has 0 fully saturated rings. The third-order valence-corrected chi connectivity index (χ3v) is 5.10. The molecule has 0 radical (unpaired) electrons. The van der Waals surface area contributed by atoms with Crippen molar-refractivity contribution < 1.29 is 4.79 Å². The second kappa shape index (κ2) is 5.98. The summed E-state index contributed by atoms with van der Waals surface area (Å²) in [5.41, 5.74) is 8.78. The molecule has 4 rings (SSSR count). The van der Waals surface area contributed by atoms with Gasteiger partial charge < -0.3 is 5.73 Å². The molecule has 0 atom stereocenters. The molecule has 0 unspecified atom stereocenters. The number of carbonyl (C=O) groups excluding carboxylic acids is 1. The predicted octanol–water partition coefficient (Wildman–Crippen LogP) is 4.59. The van der Waals surface area contributed by atoms with Crippen LogP contribution in [0.5, 0.6) is 0 Å². The van der Waals surface area contributed by atoms with E-state index in [1.54, 1.807) is 12.1 Å². The number of hydrogen-bond donors (Lipinski definition) is 1. The fourth-order valence-corrected chi connectivity index (χ4v) is 3.88. The smallest absolute Gasteiger partial charge is 0.180 e. The molecular formula is C18H13ClN4OS. The number of Topliss-reactive ketones (excluding diaryl/α,β-unsaturated/α-hetero) is 1. The highest BCUT2D eigenvalue weighted by atomic mass is 35.5. The van der Waals surface area contributed by atoms with Crippen molar-refractivity contribution >= 4 is 44.8 Å². The van der Waals surface area contributed by atoms with Crippen LogP contribution in [0.2, 0.25) is 5.02 Å². The third kappa shape index (κ3) is 2.69. The normalized spacial score (nSPS) is 11.1. The number of aromatic nitrogens is 3. The Morgan fingerprint density at radius 3 is 2.72 bits per heavy atom. The molecule has 0 aliphatic heterocycles. The van der Waals surface area contributed by atoms with E-state index in [1.807, 2.05) is 36.4 Å². The van der Waals surface area contributed by atoms with E-state index < -0.39 is 0 Å². The Labute approximate surface area is 152 Å². The van der Waals surface area contributed by atoms with Crippen LogP contribution in [0.1, 0.15) is 17.4 Å². The predicted molar refractivity (Wildman–Crippen MR) is 102 cm³/mol. The molecule has 0 bridgehead atoms. The van der Waals surface area contributed by atoms with Gasteiger partial charge in [-0.05, 0) is 30.3 Å². The van der Waals surface area contributed by atoms with Crippen LogP contribution in [0, 0.1) is 0 Å². The number of nitrogen functional groups attached to an aromatic ring is 1. The number of rotatable bonds is 3. The number of benzene rings is 2. The summed E-state index contributed by atoms with van der Waals surface area (Å²) < 4.78 is 2.56. The van der Waals surface area contributed by atoms with E-state index in [-0.39, 0.29) is 5.78 Å². The minimum absolute atomic E-state index is 0.165. The molecule has 7 heteroatoms. The molecule has 0 spiro atoms. The minimum Gasteiger partial charge on any atom is -0.383 e. The van der Waals surface area contributed by atoms with Gasteiger partial charge in [0.05, 0.1) is 21.5 Å². The molecule has 4 aromatic rings. The molecule has 0 saturated carbocycles. The van der Waals surface area contributed by atoms with E-state index in [2.05, 4.69) is 10.1 Å². The number of para-hydroxylation sites is 1. The van der Waals surface area contributed by atoms with Gasteiger partial charge in [-0.3, -0.25) is 4.79 Å². The maximum absolute atomic E-state index is 12.1. The summed E-state index contributed by atoms with van der Waals surface area (Å²) >= 11 is 7.55. The number of hydrogen-bond acceptors (Lipinski definition) is 5. The largest absolute Gasteiger partial charge is 0.383 e. The van der Waals surface area contributed by atoms with Gasteiger partial charge in [-0.25, -0.2) is 9.67 Å². The highest BCUT2D eigenvalue weighted by molar-refractivity contribution is 7.21. The van der Waals surface area contributed by atoms with Gasteiger partial charge in [0.15, 0.2) is 5.78 Å². The van der Waals surface area contributed by atoms with Gasteiger partial charge in [-0.2, -0.15) is 5.10 Å². The molecule has 2 N–H and O–H groups in total. The first kappa shape index (κ1) is 15.8. The van der Waals surface area contributed by atoms with E-state index in [9.17, 15) is 4.79 Å². The van der Waals surface area contributed by atoms with Gasteiger partial charge in [0.25, 0.3) is 0 Å². The van der Waals surface area contributed by atoms with Crippen molar-refractivity contribution in [1.82, 2.24) is 14.8 Å². The van der Waals surface area contributed by atoms with Gasteiger partial charge >= 0.3 is 0 Å². The summed E-state index contributed by atoms with van der Waals surface area (Å²) in [6.45, 7) is 1.47. The lowest BCUT2D eigenvalue weighted by atomic mass is 10.2. The Hall–Kier alpha value is -2.70. The number of thiazole rings is 1. The van der Waals surface area contributed by atoms with Crippen molar-refractivity contribution in [3.63, 3.8) is 0 Å². The zero-order valence-corrected chi connectivity index (χ0v) is 14.8. The van der Waals surface area contributed by atoms with Gasteiger partial charge in [0.1, 0.15) is 16.5 Å². The molecule has 0 amide bonds. The van der Waals surface area contributed by atoms with Crippen LogP contribution in [0.4, 0.5) is 5.82 Å². The van der Waals surface area contributed by atoms with Crippen molar-refractivity contribution in [1.29, 1.82) is 0 Å². The zero-order chi connectivity index (χ0) is 17.6. The first-order valence-electron chi connectivity index (χ1n) is 7.56. The summed E-state index contributed by atoms with van der Waals surface area (Å²) in [7, 11) is 0. The van der Waals surface area contributed by atoms with E-state index >= 15 is 0 Å². The van der Waals surface area contributed by atoms with E-state index in [4.69, 9.17) is 17.3 Å². The lowest BCUT2D eigenvalue weighted by molar-refractivity contribution is 0.101. The quantitative estimate of drug-likeness (QED) is 0.537. The first-order valence-corrected chi connectivity index (χ1v) is 8.75. The van der Waals surface area contributed by atoms with E-state index in [1.165, 1.54) is 22.9 Å². The van der Waals surface area contributed by atoms with Crippen LogP contribution in [0.25, 0.3) is 26.5 Å². The molecule has 25 heavy (non-hydrogen) atoms. The van der Waals surface area contributed by atoms with Gasteiger partial charge in [-0.15, -0.1) is 11.3 Å². The molecule has 2 heterocycles. The monoisotopic (exact) mass is 368 g/mol. The fraction of sp³-hybridized carbons (Fsp3) is 0.0556. The molecule has 2 aromatic carbocycles. The standard InChI is InChI=1S/C18H13ClN4OS/c1-10(24)16-15(18-21-13-7-2-3-8-14(13)25-18)17(20)23(22-16)12-6-4-5-11(19)9-12/h2-9H,20H2,1H3. The van der Waals surface area contributed by atoms with Crippen molar-refractivity contribution in [3.05, 3.63) is 59.2 Å². The fourth-order valence-electron chi connectivity index (χ4n) is 2.67. The summed E-state index contributed by atoms with van der Waals surface area (Å²) in [5, 5.41) is 5.66. The van der Waals surface area contributed by atoms with Crippen molar-refractivity contribution in [3.8, 4) is 16.3 Å². The first-order chi connectivity index (χ1) is 12.0. The molecule has 124 valence electrons. The number of anilines is 1. The SMILES string of the molecule is CC(=O)c1nn(-c2cccc(Cl)c2)c(N)c1-c1nc2ccccc2s1. The number of nitrogens with zero attached hydrogens (tertiary/aromatic N) is 3. The van der Waals surface area contributed by atoms with Crippen molar-refractivity contribution in [2.45, 2.75) is 6.92 Å². The second-order valence-electron chi connectivity index (χ2n) is 5.54. The maximum Gasteiger partial charge on any atom is 0.180 e. The molecule has 0 aliphatic carbocycles. The minimum atomic E-state index is -0.165. The van der Waals surface area contributed by atoms with Crippen LogP contribution in [0.3, 0.4) is 0 Å². The maximum atomic E-state index is 12.1. The molecule has 0 saturated heterocycles. The van der Waals surface area contributed by atoms with Gasteiger partial charge in [-0.1, -0.05) is 29.8 Å². The Morgan fingerprint density at radius 1 is 1.20 bits per heavy atom. The lowest BCUT2D eigenvalue weighted by Crippen LogP contribution is -2.02. The average molecular weight is 369 g/mol. The Morgan fingerprint density at radius 2 is 2.00 bits per heavy atom. The summed E-state index contributed by atoms with van der Waals surface area (Å²) in [6.07, 6.45) is 0. The topological polar surface area (TPSA) is 73.8 Å². The Balaban J connectivity index is 1.96. The van der Waals surface area contributed by atoms with Crippen LogP contribution in [-0.2, 0) is 0 Å². The summed E-state index contributed by atoms with van der Waals surface area (Å²) in [6, 6.07) is 15.0. The Kier molecular flexibility index (Phi) is 3.78. The Bertz CT molecular complexity index is 1080. The molecule has 2 aromatic heterocycles. The third-order valence-electron chi connectivity index (χ3n) is 3.82. The highest BCUT2D eigenvalue weighted by Gasteiger charge is 2.24. The van der Waals surface area contributed by atoms with Gasteiger partial charge in [0.2, 0.25) is 0 Å². The van der Waals surface area contributed by atoms with Crippen LogP contribution in [0.15, 0.2) is 48.5 Å². The number of nitrogens with two attached hydrogens (primary N) is 1.